The molecule has 0 saturated carbocycles. The lowest BCUT2D eigenvalue weighted by molar-refractivity contribution is 0.317. The van der Waals surface area contributed by atoms with Gasteiger partial charge in [0.2, 0.25) is 0 Å². The summed E-state index contributed by atoms with van der Waals surface area (Å²) >= 11 is 0. The zero-order chi connectivity index (χ0) is 9.97. The van der Waals surface area contributed by atoms with Crippen molar-refractivity contribution in [1.82, 2.24) is 9.97 Å². The van der Waals surface area contributed by atoms with E-state index in [9.17, 15) is 0 Å². The summed E-state index contributed by atoms with van der Waals surface area (Å²) in [7, 11) is 1.63. The van der Waals surface area contributed by atoms with Gasteiger partial charge in [0.1, 0.15) is 11.3 Å². The molecule has 0 aliphatic heterocycles. The van der Waals surface area contributed by atoms with Gasteiger partial charge < -0.3 is 14.5 Å². The molecule has 0 unspecified atom stereocenters. The van der Waals surface area contributed by atoms with Crippen molar-refractivity contribution in [2.75, 3.05) is 13.7 Å². The maximum absolute atomic E-state index is 5.27. The molecular weight excluding hydrogens is 180 g/mol. The van der Waals surface area contributed by atoms with Crippen LogP contribution in [0.1, 0.15) is 6.92 Å². The molecule has 2 aromatic rings. The van der Waals surface area contributed by atoms with E-state index in [-0.39, 0.29) is 0 Å². The zero-order valence-electron chi connectivity index (χ0n) is 8.20. The van der Waals surface area contributed by atoms with E-state index in [1.165, 1.54) is 0 Å². The molecular formula is C10H12N2O2. The molecule has 74 valence electrons. The van der Waals surface area contributed by atoms with Crippen LogP contribution in [0.3, 0.4) is 0 Å². The highest BCUT2D eigenvalue weighted by Gasteiger charge is 2.07. The van der Waals surface area contributed by atoms with Crippen molar-refractivity contribution in [1.29, 1.82) is 0 Å². The molecule has 0 atom stereocenters. The number of benzene rings is 1. The van der Waals surface area contributed by atoms with Gasteiger partial charge in [-0.1, -0.05) is 6.07 Å². The van der Waals surface area contributed by atoms with E-state index < -0.39 is 0 Å². The van der Waals surface area contributed by atoms with E-state index in [2.05, 4.69) is 9.97 Å². The molecule has 4 heteroatoms. The van der Waals surface area contributed by atoms with Crippen LogP contribution in [0.25, 0.3) is 11.0 Å². The van der Waals surface area contributed by atoms with Gasteiger partial charge in [0, 0.05) is 0 Å². The lowest BCUT2D eigenvalue weighted by atomic mass is 10.3. The molecule has 1 heterocycles. The van der Waals surface area contributed by atoms with E-state index >= 15 is 0 Å². The van der Waals surface area contributed by atoms with Gasteiger partial charge in [0.05, 0.1) is 19.2 Å². The summed E-state index contributed by atoms with van der Waals surface area (Å²) in [5.41, 5.74) is 1.73. The first kappa shape index (κ1) is 8.87. The number of nitrogens with one attached hydrogen (secondary N) is 1. The molecule has 4 nitrogen and oxygen atoms in total. The van der Waals surface area contributed by atoms with Crippen LogP contribution in [0.5, 0.6) is 11.8 Å². The number of methoxy groups -OCH3 is 1. The fourth-order valence-corrected chi connectivity index (χ4v) is 1.35. The standard InChI is InChI=1S/C10H12N2O2/c1-3-14-10-11-7-5-4-6-8(13-2)9(7)12-10/h4-6H,3H2,1-2H3,(H,11,12). The van der Waals surface area contributed by atoms with Crippen molar-refractivity contribution >= 4 is 11.0 Å². The summed E-state index contributed by atoms with van der Waals surface area (Å²) in [5.74, 6) is 0.754. The molecule has 1 N–H and O–H groups in total. The first-order valence-corrected chi connectivity index (χ1v) is 4.50. The molecule has 0 bridgehead atoms. The van der Waals surface area contributed by atoms with Crippen molar-refractivity contribution in [3.8, 4) is 11.8 Å². The number of hydrogen-bond acceptors (Lipinski definition) is 3. The van der Waals surface area contributed by atoms with E-state index in [1.807, 2.05) is 25.1 Å². The highest BCUT2D eigenvalue weighted by Crippen LogP contribution is 2.25. The second-order valence-corrected chi connectivity index (χ2v) is 2.83. The quantitative estimate of drug-likeness (QED) is 0.808. The number of aromatic amines is 1. The number of aromatic nitrogens is 2. The molecule has 0 aliphatic carbocycles. The molecule has 1 aromatic carbocycles. The lowest BCUT2D eigenvalue weighted by Gasteiger charge is -1.97. The molecule has 0 fully saturated rings. The average Bonchev–Trinajstić information content (AvgIpc) is 2.60. The molecule has 2 rings (SSSR count). The molecule has 0 amide bonds. The SMILES string of the molecule is CCOc1nc2c(OC)cccc2[nH]1. The summed E-state index contributed by atoms with van der Waals surface area (Å²) in [6, 6.07) is 6.26. The lowest BCUT2D eigenvalue weighted by Crippen LogP contribution is -1.92. The van der Waals surface area contributed by atoms with Crippen LogP contribution in [0, 0.1) is 0 Å². The molecule has 0 saturated heterocycles. The number of imidazole rings is 1. The Kier molecular flexibility index (Phi) is 2.26. The van der Waals surface area contributed by atoms with Gasteiger partial charge in [-0.3, -0.25) is 0 Å². The monoisotopic (exact) mass is 192 g/mol. The molecule has 0 spiro atoms. The van der Waals surface area contributed by atoms with Crippen molar-refractivity contribution in [3.05, 3.63) is 18.2 Å². The van der Waals surface area contributed by atoms with Crippen LogP contribution >= 0.6 is 0 Å². The minimum atomic E-state index is 0.534. The molecule has 1 aromatic heterocycles. The smallest absolute Gasteiger partial charge is 0.294 e. The van der Waals surface area contributed by atoms with Crippen molar-refractivity contribution in [2.24, 2.45) is 0 Å². The number of H-pyrrole nitrogens is 1. The summed E-state index contributed by atoms with van der Waals surface area (Å²) < 4.78 is 10.4. The molecule has 0 aliphatic rings. The van der Waals surface area contributed by atoms with Crippen LogP contribution in [0.15, 0.2) is 18.2 Å². The fraction of sp³-hybridized carbons (Fsp3) is 0.300. The topological polar surface area (TPSA) is 47.1 Å². The number of ether oxygens (including phenoxy) is 2. The minimum Gasteiger partial charge on any atom is -0.494 e. The third-order valence-electron chi connectivity index (χ3n) is 1.95. The van der Waals surface area contributed by atoms with Gasteiger partial charge in [0.25, 0.3) is 6.01 Å². The van der Waals surface area contributed by atoms with Crippen LogP contribution in [0.4, 0.5) is 0 Å². The maximum Gasteiger partial charge on any atom is 0.294 e. The first-order valence-electron chi connectivity index (χ1n) is 4.50. The van der Waals surface area contributed by atoms with Crippen molar-refractivity contribution in [2.45, 2.75) is 6.92 Å². The van der Waals surface area contributed by atoms with Gasteiger partial charge in [-0.15, -0.1) is 0 Å². The second-order valence-electron chi connectivity index (χ2n) is 2.83. The van der Waals surface area contributed by atoms with Gasteiger partial charge in [-0.2, -0.15) is 4.98 Å². The summed E-state index contributed by atoms with van der Waals surface area (Å²) in [6.45, 7) is 2.52. The Morgan fingerprint density at radius 1 is 1.43 bits per heavy atom. The van der Waals surface area contributed by atoms with Gasteiger partial charge >= 0.3 is 0 Å². The minimum absolute atomic E-state index is 0.534. The molecule has 0 radical (unpaired) electrons. The van der Waals surface area contributed by atoms with Gasteiger partial charge in [-0.05, 0) is 19.1 Å². The summed E-state index contributed by atoms with van der Waals surface area (Å²) in [6.07, 6.45) is 0. The van der Waals surface area contributed by atoms with E-state index in [4.69, 9.17) is 9.47 Å². The summed E-state index contributed by atoms with van der Waals surface area (Å²) in [4.78, 5) is 7.33. The Bertz CT molecular complexity index is 437. The Labute approximate surface area is 81.9 Å². The third kappa shape index (κ3) is 1.39. The highest BCUT2D eigenvalue weighted by atomic mass is 16.5. The number of para-hydroxylation sites is 1. The van der Waals surface area contributed by atoms with Gasteiger partial charge in [0.15, 0.2) is 0 Å². The first-order chi connectivity index (χ1) is 6.85. The zero-order valence-corrected chi connectivity index (χ0v) is 8.20. The Morgan fingerprint density at radius 3 is 3.00 bits per heavy atom. The Balaban J connectivity index is 2.52. The van der Waals surface area contributed by atoms with E-state index in [0.29, 0.717) is 12.6 Å². The number of hydrogen-bond donors (Lipinski definition) is 1. The predicted molar refractivity (Wildman–Crippen MR) is 53.8 cm³/mol. The fourth-order valence-electron chi connectivity index (χ4n) is 1.35. The highest BCUT2D eigenvalue weighted by molar-refractivity contribution is 5.82. The summed E-state index contributed by atoms with van der Waals surface area (Å²) in [5, 5.41) is 0. The normalized spacial score (nSPS) is 10.4. The number of nitrogens with zero attached hydrogens (tertiary/aromatic N) is 1. The van der Waals surface area contributed by atoms with Crippen LogP contribution in [-0.2, 0) is 0 Å². The van der Waals surface area contributed by atoms with Crippen LogP contribution in [0.2, 0.25) is 0 Å². The number of rotatable bonds is 3. The third-order valence-corrected chi connectivity index (χ3v) is 1.95. The van der Waals surface area contributed by atoms with Gasteiger partial charge in [-0.25, -0.2) is 0 Å². The Morgan fingerprint density at radius 2 is 2.29 bits per heavy atom. The number of fused-ring (bicyclic) bond motifs is 1. The largest absolute Gasteiger partial charge is 0.494 e. The van der Waals surface area contributed by atoms with Crippen molar-refractivity contribution < 1.29 is 9.47 Å². The van der Waals surface area contributed by atoms with E-state index in [0.717, 1.165) is 16.8 Å². The van der Waals surface area contributed by atoms with E-state index in [1.54, 1.807) is 7.11 Å². The van der Waals surface area contributed by atoms with Crippen LogP contribution in [-0.4, -0.2) is 23.7 Å². The molecule has 14 heavy (non-hydrogen) atoms. The Hall–Kier alpha value is -1.71. The average molecular weight is 192 g/mol. The van der Waals surface area contributed by atoms with Crippen LogP contribution < -0.4 is 9.47 Å². The predicted octanol–water partition coefficient (Wildman–Crippen LogP) is 1.97. The second kappa shape index (κ2) is 3.57. The maximum atomic E-state index is 5.27. The van der Waals surface area contributed by atoms with Crippen molar-refractivity contribution in [3.63, 3.8) is 0 Å².